The van der Waals surface area contributed by atoms with Crippen LogP contribution in [0.3, 0.4) is 0 Å². The first-order valence-corrected chi connectivity index (χ1v) is 8.10. The number of nitrogens with zero attached hydrogens (tertiary/aromatic N) is 1. The second-order valence-electron chi connectivity index (χ2n) is 5.17. The van der Waals surface area contributed by atoms with Crippen LogP contribution in [0.25, 0.3) is 0 Å². The molecular formula is C13H28N2OS. The third-order valence-electron chi connectivity index (χ3n) is 3.35. The largest absolute Gasteiger partial charge is 0.374 e. The van der Waals surface area contributed by atoms with Gasteiger partial charge in [-0.1, -0.05) is 0 Å². The van der Waals surface area contributed by atoms with Crippen LogP contribution >= 0.6 is 11.8 Å². The molecule has 0 aromatic carbocycles. The lowest BCUT2D eigenvalue weighted by atomic mass is 10.2. The second kappa shape index (κ2) is 8.35. The zero-order chi connectivity index (χ0) is 12.7. The van der Waals surface area contributed by atoms with Crippen LogP contribution in [0.5, 0.6) is 0 Å². The average Bonchev–Trinajstić information content (AvgIpc) is 2.34. The molecule has 1 aliphatic heterocycles. The van der Waals surface area contributed by atoms with Crippen LogP contribution in [0.2, 0.25) is 0 Å². The van der Waals surface area contributed by atoms with Gasteiger partial charge in [-0.25, -0.2) is 0 Å². The Bertz CT molecular complexity index is 202. The topological polar surface area (TPSA) is 24.5 Å². The van der Waals surface area contributed by atoms with Crippen molar-refractivity contribution in [3.63, 3.8) is 0 Å². The van der Waals surface area contributed by atoms with Gasteiger partial charge in [-0.3, -0.25) is 4.90 Å². The number of hydrogen-bond acceptors (Lipinski definition) is 4. The van der Waals surface area contributed by atoms with Gasteiger partial charge in [-0.15, -0.1) is 0 Å². The molecule has 0 spiro atoms. The van der Waals surface area contributed by atoms with Crippen molar-refractivity contribution in [2.75, 3.05) is 38.2 Å². The molecule has 0 radical (unpaired) electrons. The summed E-state index contributed by atoms with van der Waals surface area (Å²) in [5.41, 5.74) is 0. The number of hydrogen-bond donors (Lipinski definition) is 1. The van der Waals surface area contributed by atoms with Crippen LogP contribution in [0.1, 0.15) is 27.2 Å². The minimum Gasteiger partial charge on any atom is -0.374 e. The van der Waals surface area contributed by atoms with Crippen LogP contribution in [0, 0.1) is 0 Å². The van der Waals surface area contributed by atoms with Crippen molar-refractivity contribution < 1.29 is 4.74 Å². The third kappa shape index (κ3) is 6.09. The van der Waals surface area contributed by atoms with E-state index in [-0.39, 0.29) is 0 Å². The van der Waals surface area contributed by atoms with Gasteiger partial charge in [0.05, 0.1) is 12.7 Å². The number of thioether (sulfide) groups is 1. The van der Waals surface area contributed by atoms with E-state index >= 15 is 0 Å². The predicted octanol–water partition coefficient (Wildman–Crippen LogP) is 1.83. The van der Waals surface area contributed by atoms with Gasteiger partial charge >= 0.3 is 0 Å². The monoisotopic (exact) mass is 260 g/mol. The van der Waals surface area contributed by atoms with E-state index < -0.39 is 0 Å². The Morgan fingerprint density at radius 3 is 2.82 bits per heavy atom. The van der Waals surface area contributed by atoms with E-state index in [4.69, 9.17) is 4.74 Å². The number of rotatable bonds is 7. The van der Waals surface area contributed by atoms with Gasteiger partial charge in [-0.05, 0) is 39.2 Å². The molecule has 0 bridgehead atoms. The third-order valence-corrected chi connectivity index (χ3v) is 3.99. The van der Waals surface area contributed by atoms with Crippen molar-refractivity contribution in [1.29, 1.82) is 0 Å². The summed E-state index contributed by atoms with van der Waals surface area (Å²) in [5, 5.41) is 3.58. The minimum absolute atomic E-state index is 0.364. The first-order chi connectivity index (χ1) is 8.13. The quantitative estimate of drug-likeness (QED) is 0.755. The Kier molecular flexibility index (Phi) is 7.51. The number of nitrogens with one attached hydrogen (secondary N) is 1. The van der Waals surface area contributed by atoms with Crippen LogP contribution in [-0.4, -0.2) is 61.3 Å². The van der Waals surface area contributed by atoms with Crippen LogP contribution < -0.4 is 5.32 Å². The predicted molar refractivity (Wildman–Crippen MR) is 76.9 cm³/mol. The lowest BCUT2D eigenvalue weighted by Gasteiger charge is -2.36. The maximum atomic E-state index is 5.80. The Morgan fingerprint density at radius 2 is 2.18 bits per heavy atom. The Morgan fingerprint density at radius 1 is 1.41 bits per heavy atom. The van der Waals surface area contributed by atoms with Gasteiger partial charge in [0.15, 0.2) is 0 Å². The zero-order valence-electron chi connectivity index (χ0n) is 11.7. The Hall–Kier alpha value is 0.230. The van der Waals surface area contributed by atoms with E-state index in [0.717, 1.165) is 26.2 Å². The molecule has 102 valence electrons. The molecule has 1 saturated heterocycles. The molecule has 1 N–H and O–H groups in total. The van der Waals surface area contributed by atoms with Gasteiger partial charge in [0.2, 0.25) is 0 Å². The summed E-state index contributed by atoms with van der Waals surface area (Å²) >= 11 is 1.92. The highest BCUT2D eigenvalue weighted by Crippen LogP contribution is 2.08. The van der Waals surface area contributed by atoms with Crippen LogP contribution in [0.4, 0.5) is 0 Å². The average molecular weight is 260 g/mol. The molecule has 3 nitrogen and oxygen atoms in total. The molecule has 1 fully saturated rings. The first kappa shape index (κ1) is 15.3. The summed E-state index contributed by atoms with van der Waals surface area (Å²) in [6, 6.07) is 1.23. The van der Waals surface area contributed by atoms with E-state index in [1.54, 1.807) is 0 Å². The molecule has 0 aromatic heterocycles. The van der Waals surface area contributed by atoms with Crippen LogP contribution in [0.15, 0.2) is 0 Å². The highest BCUT2D eigenvalue weighted by atomic mass is 32.2. The molecule has 2 atom stereocenters. The standard InChI is InChI=1S/C13H28N2OS/c1-11(2)15-6-7-16-13(10-15)9-14-12(3)5-8-17-4/h11-14H,5-10H2,1-4H3. The molecule has 0 saturated carbocycles. The smallest absolute Gasteiger partial charge is 0.0826 e. The van der Waals surface area contributed by atoms with Gasteiger partial charge in [-0.2, -0.15) is 11.8 Å². The first-order valence-electron chi connectivity index (χ1n) is 6.71. The van der Waals surface area contributed by atoms with Crippen molar-refractivity contribution in [2.45, 2.75) is 45.4 Å². The van der Waals surface area contributed by atoms with Gasteiger partial charge < -0.3 is 10.1 Å². The van der Waals surface area contributed by atoms with Crippen molar-refractivity contribution in [1.82, 2.24) is 10.2 Å². The maximum Gasteiger partial charge on any atom is 0.0826 e. The van der Waals surface area contributed by atoms with E-state index in [1.165, 1.54) is 12.2 Å². The molecule has 17 heavy (non-hydrogen) atoms. The Labute approximate surface area is 111 Å². The van der Waals surface area contributed by atoms with Gasteiger partial charge in [0, 0.05) is 31.7 Å². The summed E-state index contributed by atoms with van der Waals surface area (Å²) < 4.78 is 5.80. The van der Waals surface area contributed by atoms with E-state index in [1.807, 2.05) is 11.8 Å². The van der Waals surface area contributed by atoms with E-state index in [2.05, 4.69) is 37.2 Å². The second-order valence-corrected chi connectivity index (χ2v) is 6.16. The molecule has 1 rings (SSSR count). The molecular weight excluding hydrogens is 232 g/mol. The fourth-order valence-electron chi connectivity index (χ4n) is 2.06. The molecule has 1 heterocycles. The molecule has 2 unspecified atom stereocenters. The minimum atomic E-state index is 0.364. The number of morpholine rings is 1. The maximum absolute atomic E-state index is 5.80. The molecule has 0 amide bonds. The molecule has 0 aliphatic carbocycles. The van der Waals surface area contributed by atoms with Crippen molar-refractivity contribution in [3.05, 3.63) is 0 Å². The fourth-order valence-corrected chi connectivity index (χ4v) is 2.65. The van der Waals surface area contributed by atoms with Crippen molar-refractivity contribution in [3.8, 4) is 0 Å². The van der Waals surface area contributed by atoms with Crippen LogP contribution in [-0.2, 0) is 4.74 Å². The highest BCUT2D eigenvalue weighted by Gasteiger charge is 2.22. The van der Waals surface area contributed by atoms with E-state index in [0.29, 0.717) is 18.2 Å². The summed E-state index contributed by atoms with van der Waals surface area (Å²) in [5.74, 6) is 1.23. The summed E-state index contributed by atoms with van der Waals surface area (Å²) in [7, 11) is 0. The highest BCUT2D eigenvalue weighted by molar-refractivity contribution is 7.98. The molecule has 1 aliphatic rings. The molecule has 0 aromatic rings. The van der Waals surface area contributed by atoms with Gasteiger partial charge in [0.25, 0.3) is 0 Å². The fraction of sp³-hybridized carbons (Fsp3) is 1.00. The van der Waals surface area contributed by atoms with Gasteiger partial charge in [0.1, 0.15) is 0 Å². The number of ether oxygens (including phenoxy) is 1. The van der Waals surface area contributed by atoms with Crippen molar-refractivity contribution in [2.24, 2.45) is 0 Å². The summed E-state index contributed by atoms with van der Waals surface area (Å²) in [6.45, 7) is 10.8. The summed E-state index contributed by atoms with van der Waals surface area (Å²) in [4.78, 5) is 2.50. The normalized spacial score (nSPS) is 24.2. The van der Waals surface area contributed by atoms with Crippen molar-refractivity contribution >= 4 is 11.8 Å². The SMILES string of the molecule is CSCCC(C)NCC1CN(C(C)C)CCO1. The summed E-state index contributed by atoms with van der Waals surface area (Å²) in [6.07, 6.45) is 3.77. The lowest BCUT2D eigenvalue weighted by molar-refractivity contribution is -0.0379. The lowest BCUT2D eigenvalue weighted by Crippen LogP contribution is -2.50. The van der Waals surface area contributed by atoms with E-state index in [9.17, 15) is 0 Å². The Balaban J connectivity index is 2.18. The molecule has 4 heteroatoms. The zero-order valence-corrected chi connectivity index (χ0v) is 12.6.